The van der Waals surface area contributed by atoms with Gasteiger partial charge in [-0.3, -0.25) is 9.69 Å². The lowest BCUT2D eigenvalue weighted by molar-refractivity contribution is -0.122. The molecule has 1 saturated heterocycles. The van der Waals surface area contributed by atoms with Gasteiger partial charge in [-0.05, 0) is 36.1 Å². The van der Waals surface area contributed by atoms with Crippen LogP contribution in [0.5, 0.6) is 0 Å². The van der Waals surface area contributed by atoms with E-state index in [1.807, 2.05) is 30.3 Å². The molecule has 1 aliphatic rings. The van der Waals surface area contributed by atoms with Crippen molar-refractivity contribution in [1.82, 2.24) is 4.90 Å². The van der Waals surface area contributed by atoms with E-state index < -0.39 is 0 Å². The summed E-state index contributed by atoms with van der Waals surface area (Å²) >= 11 is 12.7. The molecule has 0 spiro atoms. The van der Waals surface area contributed by atoms with E-state index in [0.717, 1.165) is 24.9 Å². The third kappa shape index (κ3) is 5.07. The number of carbonyl (C=O) groups is 1. The fourth-order valence-electron chi connectivity index (χ4n) is 2.54. The highest BCUT2D eigenvalue weighted by atomic mass is 35.5. The van der Waals surface area contributed by atoms with Crippen LogP contribution < -0.4 is 0 Å². The number of nitrogens with zero attached hydrogens (tertiary/aromatic N) is 1. The van der Waals surface area contributed by atoms with Crippen molar-refractivity contribution < 1.29 is 4.79 Å². The van der Waals surface area contributed by atoms with Gasteiger partial charge in [0.2, 0.25) is 0 Å². The van der Waals surface area contributed by atoms with Crippen molar-refractivity contribution in [2.75, 3.05) is 6.54 Å². The first-order valence-electron chi connectivity index (χ1n) is 8.06. The van der Waals surface area contributed by atoms with Crippen LogP contribution in [0.3, 0.4) is 0 Å². The Bertz CT molecular complexity index is 598. The smallest absolute Gasteiger partial charge is 0.266 e. The van der Waals surface area contributed by atoms with Crippen molar-refractivity contribution in [3.8, 4) is 0 Å². The quantitative estimate of drug-likeness (QED) is 0.451. The van der Waals surface area contributed by atoms with Crippen LogP contribution in [-0.4, -0.2) is 21.7 Å². The Morgan fingerprint density at radius 2 is 2.00 bits per heavy atom. The van der Waals surface area contributed by atoms with Crippen molar-refractivity contribution in [3.63, 3.8) is 0 Å². The second-order valence-electron chi connectivity index (χ2n) is 5.76. The van der Waals surface area contributed by atoms with E-state index in [1.165, 1.54) is 24.6 Å². The standard InChI is InChI=1S/C18H22ClNOS2/c1-3-5-6-13(4-2)12-20-17(21)16(23-18(20)22)11-14-7-9-15(19)10-8-14/h7-11,13H,3-6,12H2,1-2H3/b16-11-. The summed E-state index contributed by atoms with van der Waals surface area (Å²) in [6.45, 7) is 5.11. The van der Waals surface area contributed by atoms with Crippen LogP contribution in [0.1, 0.15) is 45.1 Å². The van der Waals surface area contributed by atoms with E-state index in [9.17, 15) is 4.79 Å². The molecule has 1 heterocycles. The molecule has 1 amide bonds. The maximum Gasteiger partial charge on any atom is 0.266 e. The van der Waals surface area contributed by atoms with Gasteiger partial charge in [-0.25, -0.2) is 0 Å². The van der Waals surface area contributed by atoms with Gasteiger partial charge < -0.3 is 0 Å². The van der Waals surface area contributed by atoms with Gasteiger partial charge >= 0.3 is 0 Å². The predicted octanol–water partition coefficient (Wildman–Crippen LogP) is 5.76. The Morgan fingerprint density at radius 3 is 2.61 bits per heavy atom. The summed E-state index contributed by atoms with van der Waals surface area (Å²) < 4.78 is 0.671. The van der Waals surface area contributed by atoms with Gasteiger partial charge in [-0.1, -0.05) is 80.8 Å². The number of carbonyl (C=O) groups excluding carboxylic acids is 1. The van der Waals surface area contributed by atoms with Crippen molar-refractivity contribution in [2.45, 2.75) is 39.5 Å². The Morgan fingerprint density at radius 1 is 1.30 bits per heavy atom. The molecule has 0 aromatic heterocycles. The molecular formula is C18H22ClNOS2. The first kappa shape index (κ1) is 18.5. The molecule has 2 nitrogen and oxygen atoms in total. The Balaban J connectivity index is 2.08. The molecule has 0 bridgehead atoms. The molecule has 0 aliphatic carbocycles. The zero-order chi connectivity index (χ0) is 16.8. The number of hydrogen-bond donors (Lipinski definition) is 0. The lowest BCUT2D eigenvalue weighted by atomic mass is 9.99. The highest BCUT2D eigenvalue weighted by Gasteiger charge is 2.33. The third-order valence-electron chi connectivity index (χ3n) is 4.03. The number of amides is 1. The monoisotopic (exact) mass is 367 g/mol. The normalized spacial score (nSPS) is 18.0. The minimum Gasteiger partial charge on any atom is -0.293 e. The number of thioether (sulfide) groups is 1. The zero-order valence-corrected chi connectivity index (χ0v) is 15.9. The Kier molecular flexibility index (Phi) is 7.12. The molecule has 0 radical (unpaired) electrons. The van der Waals surface area contributed by atoms with Gasteiger partial charge in [0, 0.05) is 11.6 Å². The SMILES string of the molecule is CCCCC(CC)CN1C(=O)/C(=C/c2ccc(Cl)cc2)SC1=S. The lowest BCUT2D eigenvalue weighted by Gasteiger charge is -2.21. The summed E-state index contributed by atoms with van der Waals surface area (Å²) in [5.41, 5.74) is 0.966. The second-order valence-corrected chi connectivity index (χ2v) is 7.87. The summed E-state index contributed by atoms with van der Waals surface area (Å²) in [4.78, 5) is 15.1. The van der Waals surface area contributed by atoms with Gasteiger partial charge in [0.15, 0.2) is 0 Å². The van der Waals surface area contributed by atoms with E-state index in [4.69, 9.17) is 23.8 Å². The highest BCUT2D eigenvalue weighted by molar-refractivity contribution is 8.26. The lowest BCUT2D eigenvalue weighted by Crippen LogP contribution is -2.33. The number of hydrogen-bond acceptors (Lipinski definition) is 3. The molecule has 1 fully saturated rings. The van der Waals surface area contributed by atoms with Gasteiger partial charge in [0.05, 0.1) is 4.91 Å². The molecular weight excluding hydrogens is 346 g/mol. The van der Waals surface area contributed by atoms with Crippen LogP contribution in [0.2, 0.25) is 5.02 Å². The number of halogens is 1. The molecule has 124 valence electrons. The fourth-order valence-corrected chi connectivity index (χ4v) is 3.94. The highest BCUT2D eigenvalue weighted by Crippen LogP contribution is 2.34. The van der Waals surface area contributed by atoms with E-state index in [0.29, 0.717) is 20.2 Å². The molecule has 1 unspecified atom stereocenters. The summed E-state index contributed by atoms with van der Waals surface area (Å²) in [7, 11) is 0. The summed E-state index contributed by atoms with van der Waals surface area (Å²) in [6.07, 6.45) is 6.51. The van der Waals surface area contributed by atoms with Crippen molar-refractivity contribution >= 4 is 51.9 Å². The largest absolute Gasteiger partial charge is 0.293 e. The molecule has 5 heteroatoms. The van der Waals surface area contributed by atoms with Crippen molar-refractivity contribution in [2.24, 2.45) is 5.92 Å². The molecule has 2 rings (SSSR count). The van der Waals surface area contributed by atoms with Gasteiger partial charge in [0.1, 0.15) is 4.32 Å². The van der Waals surface area contributed by atoms with Crippen LogP contribution in [-0.2, 0) is 4.79 Å². The number of rotatable bonds is 7. The predicted molar refractivity (Wildman–Crippen MR) is 105 cm³/mol. The molecule has 0 saturated carbocycles. The van der Waals surface area contributed by atoms with E-state index >= 15 is 0 Å². The van der Waals surface area contributed by atoms with Crippen LogP contribution in [0.15, 0.2) is 29.2 Å². The molecule has 1 aromatic rings. The van der Waals surface area contributed by atoms with Gasteiger partial charge in [-0.2, -0.15) is 0 Å². The molecule has 1 atom stereocenters. The Labute approximate surface area is 153 Å². The number of benzene rings is 1. The summed E-state index contributed by atoms with van der Waals surface area (Å²) in [5.74, 6) is 0.553. The first-order chi connectivity index (χ1) is 11.0. The van der Waals surface area contributed by atoms with Gasteiger partial charge in [0.25, 0.3) is 5.91 Å². The van der Waals surface area contributed by atoms with Crippen LogP contribution in [0.25, 0.3) is 6.08 Å². The minimum atomic E-state index is 0.0323. The van der Waals surface area contributed by atoms with Crippen LogP contribution in [0.4, 0.5) is 0 Å². The number of unbranched alkanes of at least 4 members (excludes halogenated alkanes) is 1. The average molecular weight is 368 g/mol. The van der Waals surface area contributed by atoms with Crippen LogP contribution >= 0.6 is 35.6 Å². The van der Waals surface area contributed by atoms with E-state index in [-0.39, 0.29) is 5.91 Å². The molecule has 23 heavy (non-hydrogen) atoms. The maximum absolute atomic E-state index is 12.6. The van der Waals surface area contributed by atoms with Crippen molar-refractivity contribution in [3.05, 3.63) is 39.8 Å². The summed E-state index contributed by atoms with van der Waals surface area (Å²) in [5, 5.41) is 0.691. The van der Waals surface area contributed by atoms with Crippen LogP contribution in [0, 0.1) is 5.92 Å². The molecule has 1 aromatic carbocycles. The first-order valence-corrected chi connectivity index (χ1v) is 9.66. The van der Waals surface area contributed by atoms with E-state index in [2.05, 4.69) is 13.8 Å². The topological polar surface area (TPSA) is 20.3 Å². The zero-order valence-electron chi connectivity index (χ0n) is 13.5. The van der Waals surface area contributed by atoms with E-state index in [1.54, 1.807) is 4.90 Å². The molecule has 1 aliphatic heterocycles. The minimum absolute atomic E-state index is 0.0323. The third-order valence-corrected chi connectivity index (χ3v) is 5.66. The van der Waals surface area contributed by atoms with Gasteiger partial charge in [-0.15, -0.1) is 0 Å². The second kappa shape index (κ2) is 8.86. The Hall–Kier alpha value is -0.840. The molecule has 0 N–H and O–H groups in total. The van der Waals surface area contributed by atoms with Crippen molar-refractivity contribution in [1.29, 1.82) is 0 Å². The summed E-state index contributed by atoms with van der Waals surface area (Å²) in [6, 6.07) is 7.47. The fraction of sp³-hybridized carbons (Fsp3) is 0.444. The number of thiocarbonyl (C=S) groups is 1. The maximum atomic E-state index is 12.6. The average Bonchev–Trinajstić information content (AvgIpc) is 2.80.